The minimum absolute atomic E-state index is 0.0195. The van der Waals surface area contributed by atoms with Crippen molar-refractivity contribution in [3.8, 4) is 5.75 Å². The number of unbranched alkanes of at least 4 members (excludes halogenated alkanes) is 2. The number of rotatable bonds is 50. The van der Waals surface area contributed by atoms with Gasteiger partial charge in [0.05, 0.1) is 25.0 Å². The van der Waals surface area contributed by atoms with Gasteiger partial charge in [0.15, 0.2) is 0 Å². The van der Waals surface area contributed by atoms with Crippen LogP contribution in [0.25, 0.3) is 0 Å². The van der Waals surface area contributed by atoms with Crippen molar-refractivity contribution < 1.29 is 106 Å². The molecule has 17 atom stereocenters. The first-order chi connectivity index (χ1) is 54.3. The monoisotopic (exact) mass is 1640 g/mol. The quantitative estimate of drug-likeness (QED) is 0.0274. The van der Waals surface area contributed by atoms with Crippen LogP contribution in [0.3, 0.4) is 0 Å². The number of nitrogens with zero attached hydrogens (tertiary/aromatic N) is 1. The van der Waals surface area contributed by atoms with E-state index in [-0.39, 0.29) is 43.7 Å². The number of aromatic hydroxyl groups is 1. The fraction of sp³-hybridized carbons (Fsp3) is 0.592. The van der Waals surface area contributed by atoms with E-state index in [0.29, 0.717) is 37.8 Å². The third-order valence-electron chi connectivity index (χ3n) is 17.3. The summed E-state index contributed by atoms with van der Waals surface area (Å²) in [6.45, 7) is 16.2. The van der Waals surface area contributed by atoms with E-state index in [0.717, 1.165) is 13.8 Å². The van der Waals surface area contributed by atoms with Gasteiger partial charge >= 0.3 is 5.97 Å². The number of nitrogens with two attached hydrogens (primary N) is 3. The summed E-state index contributed by atoms with van der Waals surface area (Å²) in [5, 5.41) is 62.2. The Balaban J connectivity index is 1.95. The molecule has 1 aromatic carbocycles. The van der Waals surface area contributed by atoms with E-state index in [1.165, 1.54) is 113 Å². The van der Waals surface area contributed by atoms with Gasteiger partial charge < -0.3 is 128 Å². The molecule has 0 unspecified atom stereocenters. The molecule has 0 bridgehead atoms. The van der Waals surface area contributed by atoms with Crippen LogP contribution < -0.4 is 113 Å². The lowest BCUT2D eigenvalue weighted by atomic mass is 10.1. The third kappa shape index (κ3) is 36.6. The molecule has 45 nitrogen and oxygen atoms in total. The van der Waals surface area contributed by atoms with Gasteiger partial charge in [0.25, 0.3) is 0 Å². The van der Waals surface area contributed by atoms with E-state index in [9.17, 15) is 106 Å². The van der Waals surface area contributed by atoms with Gasteiger partial charge in [-0.15, -0.1) is 0 Å². The van der Waals surface area contributed by atoms with Crippen LogP contribution in [0.15, 0.2) is 36.8 Å². The molecule has 0 aliphatic rings. The first kappa shape index (κ1) is 99.6. The van der Waals surface area contributed by atoms with Crippen LogP contribution >= 0.6 is 0 Å². The van der Waals surface area contributed by atoms with E-state index < -0.39 is 234 Å². The van der Waals surface area contributed by atoms with Crippen LogP contribution in [0.5, 0.6) is 5.75 Å². The summed E-state index contributed by atoms with van der Waals surface area (Å²) >= 11 is 0. The number of H-pyrrole nitrogens is 1. The number of aliphatic carboxylic acids is 1. The van der Waals surface area contributed by atoms with Crippen molar-refractivity contribution in [1.82, 2.24) is 106 Å². The summed E-state index contributed by atoms with van der Waals surface area (Å²) in [7, 11) is 0. The molecule has 0 saturated carbocycles. The molecule has 1 aromatic heterocycles. The first-order valence-corrected chi connectivity index (χ1v) is 37.4. The molecule has 0 aliphatic carbocycles. The second-order valence-electron chi connectivity index (χ2n) is 27.7. The first-order valence-electron chi connectivity index (χ1n) is 37.4. The van der Waals surface area contributed by atoms with Gasteiger partial charge in [0.2, 0.25) is 112 Å². The largest absolute Gasteiger partial charge is 0.508 e. The lowest BCUT2D eigenvalue weighted by Crippen LogP contribution is -2.59. The van der Waals surface area contributed by atoms with Crippen LogP contribution in [-0.2, 0) is 109 Å². The van der Waals surface area contributed by atoms with Crippen LogP contribution in [-0.4, -0.2) is 261 Å². The van der Waals surface area contributed by atoms with E-state index in [4.69, 9.17) is 17.2 Å². The maximum Gasteiger partial charge on any atom is 0.305 e. The molecule has 0 spiro atoms. The number of primary amides is 1. The van der Waals surface area contributed by atoms with Crippen molar-refractivity contribution in [2.24, 2.45) is 17.2 Å². The molecule has 0 saturated heterocycles. The highest BCUT2D eigenvalue weighted by Gasteiger charge is 2.36. The molecule has 116 heavy (non-hydrogen) atoms. The summed E-state index contributed by atoms with van der Waals surface area (Å²) in [5.41, 5.74) is 17.5. The van der Waals surface area contributed by atoms with Gasteiger partial charge in [-0.25, -0.2) is 4.98 Å². The lowest BCUT2D eigenvalue weighted by Gasteiger charge is -2.25. The predicted octanol–water partition coefficient (Wildman–Crippen LogP) is -9.26. The Kier molecular flexibility index (Phi) is 42.9. The standard InChI is InChI=1S/C71H113N23O22/c1-32(56(101)79-35(4)59(104)84-41(10)65(110)92-48(18-14-16-24-72)68(113)76-30-53(97)91-50(55(74)100)26-45-20-22-47(96)23-21-45)78-58(103)34(3)82-64(109)40(9)89-71(116)52(28-54(98)99)94-67(112)43(12)86-61(106)37(6)83-63(108)39(8)88-70(115)51(27-46-29-75-31-77-46)93-66(111)42(11)85-60(105)36(5)80-57(102)33(2)81-62(107)38(7)87-69(114)49(90-44(13)95)19-15-17-25-73/h20-23,29,31-43,48-52,96H,14-19,24-28,30,72-73H2,1-13H3,(H2,74,100)(H,75,77)(H,76,113)(H,78,103)(H,79,101)(H,80,102)(H,81,107)(H,82,109)(H,83,108)(H,84,104)(H,85,105)(H,86,106)(H,87,114)(H,88,115)(H,89,116)(H,90,95)(H,91,97)(H,92,110)(H,93,111)(H,94,112)(H,98,99)/t32-,33-,34-,35-,36-,37-,38-,39-,40-,41-,42-,43-,48-,49-,50-,51-,52-/m0/s1. The SMILES string of the molecule is CC(=O)N[C@@H](CCCCN)C(=O)N[C@@H](C)C(=O)N[C@@H](C)C(=O)N[C@@H](C)C(=O)N[C@@H](C)C(=O)N[C@@H](Cc1c[nH]cn1)C(=O)N[C@@H](C)C(=O)N[C@@H](C)C(=O)N[C@@H](C)C(=O)N[C@@H](CC(=O)O)C(=O)N[C@@H](C)C(=O)N[C@@H](C)C(=O)N[C@@H](C)C(=O)N[C@@H](C)C(=O)N[C@@H](C)C(=O)N[C@@H](CCCCN)C(=O)NCC(=O)N[C@@H](Cc1ccc(O)cc1)C(N)=O. The summed E-state index contributed by atoms with van der Waals surface area (Å²) < 4.78 is 0. The number of imidazole rings is 1. The molecule has 19 amide bonds. The van der Waals surface area contributed by atoms with Crippen molar-refractivity contribution in [3.05, 3.63) is 48.0 Å². The van der Waals surface area contributed by atoms with Gasteiger partial charge in [-0.05, 0) is 152 Å². The topological polar surface area (TPSA) is 705 Å². The molecule has 27 N–H and O–H groups in total. The Morgan fingerprint density at radius 1 is 0.362 bits per heavy atom. The Hall–Kier alpha value is -12.4. The van der Waals surface area contributed by atoms with Gasteiger partial charge in [-0.2, -0.15) is 0 Å². The summed E-state index contributed by atoms with van der Waals surface area (Å²) in [4.78, 5) is 268. The number of carbonyl (C=O) groups is 20. The number of aromatic amines is 1. The lowest BCUT2D eigenvalue weighted by molar-refractivity contribution is -0.141. The average molecular weight is 1640 g/mol. The number of benzene rings is 1. The van der Waals surface area contributed by atoms with Crippen molar-refractivity contribution in [2.45, 2.75) is 251 Å². The molecule has 0 aliphatic heterocycles. The fourth-order valence-corrected chi connectivity index (χ4v) is 10.3. The predicted molar refractivity (Wildman–Crippen MR) is 411 cm³/mol. The second kappa shape index (κ2) is 49.9. The number of carboxylic acid groups (broad SMARTS) is 1. The van der Waals surface area contributed by atoms with Gasteiger partial charge in [-0.1, -0.05) is 12.1 Å². The molecular weight excluding hydrogens is 1530 g/mol. The van der Waals surface area contributed by atoms with E-state index in [1.807, 2.05) is 0 Å². The molecule has 0 radical (unpaired) electrons. The Morgan fingerprint density at radius 3 is 0.957 bits per heavy atom. The minimum Gasteiger partial charge on any atom is -0.508 e. The number of amides is 19. The smallest absolute Gasteiger partial charge is 0.305 e. The highest BCUT2D eigenvalue weighted by molar-refractivity contribution is 6.01. The summed E-state index contributed by atoms with van der Waals surface area (Å²) in [6, 6.07) is -17.2. The Labute approximate surface area is 668 Å². The molecule has 1 heterocycles. The van der Waals surface area contributed by atoms with Crippen LogP contribution in [0.2, 0.25) is 0 Å². The molecule has 0 fully saturated rings. The van der Waals surface area contributed by atoms with Crippen molar-refractivity contribution >= 4 is 118 Å². The highest BCUT2D eigenvalue weighted by atomic mass is 16.4. The van der Waals surface area contributed by atoms with E-state index in [2.05, 4.69) is 106 Å². The Bertz CT molecular complexity index is 3790. The van der Waals surface area contributed by atoms with Gasteiger partial charge in [0.1, 0.15) is 108 Å². The number of carbonyl (C=O) groups excluding carboxylic acids is 19. The number of hydrogen-bond donors (Lipinski definition) is 24. The zero-order valence-corrected chi connectivity index (χ0v) is 67.0. The number of nitrogens with one attached hydrogen (secondary N) is 19. The maximum absolute atomic E-state index is 13.8. The summed E-state index contributed by atoms with van der Waals surface area (Å²) in [6.07, 6.45) is 3.64. The normalized spacial score (nSPS) is 15.3. The third-order valence-corrected chi connectivity index (χ3v) is 17.3. The van der Waals surface area contributed by atoms with Crippen LogP contribution in [0, 0.1) is 0 Å². The van der Waals surface area contributed by atoms with E-state index >= 15 is 0 Å². The van der Waals surface area contributed by atoms with Gasteiger partial charge in [-0.3, -0.25) is 95.9 Å². The number of aromatic nitrogens is 2. The summed E-state index contributed by atoms with van der Waals surface area (Å²) in [5.74, 6) is -18.3. The van der Waals surface area contributed by atoms with Crippen molar-refractivity contribution in [3.63, 3.8) is 0 Å². The molecular formula is C71H113N23O22. The zero-order chi connectivity index (χ0) is 88.0. The zero-order valence-electron chi connectivity index (χ0n) is 67.0. The number of hydrogen-bond acceptors (Lipinski definition) is 24. The maximum atomic E-state index is 13.8. The van der Waals surface area contributed by atoms with Crippen LogP contribution in [0.1, 0.15) is 146 Å². The van der Waals surface area contributed by atoms with Crippen molar-refractivity contribution in [1.29, 1.82) is 0 Å². The number of carboxylic acids is 1. The number of phenols is 1. The minimum atomic E-state index is -1.88. The van der Waals surface area contributed by atoms with E-state index in [1.54, 1.807) is 0 Å². The highest BCUT2D eigenvalue weighted by Crippen LogP contribution is 2.12. The second-order valence-corrected chi connectivity index (χ2v) is 27.7. The van der Waals surface area contributed by atoms with Crippen molar-refractivity contribution in [2.75, 3.05) is 19.6 Å². The molecule has 2 aromatic rings. The van der Waals surface area contributed by atoms with Gasteiger partial charge in [0, 0.05) is 26.0 Å². The number of phenolic OH excluding ortho intramolecular Hbond substituents is 1. The molecule has 2 rings (SSSR count). The fourth-order valence-electron chi connectivity index (χ4n) is 10.3. The Morgan fingerprint density at radius 2 is 0.655 bits per heavy atom. The van der Waals surface area contributed by atoms with Crippen LogP contribution in [0.4, 0.5) is 0 Å². The average Bonchev–Trinajstić information content (AvgIpc) is 1.18. The molecule has 45 heteroatoms. The molecule has 644 valence electrons.